The van der Waals surface area contributed by atoms with Crippen molar-refractivity contribution in [3.8, 4) is 11.5 Å². The van der Waals surface area contributed by atoms with Crippen LogP contribution in [0.25, 0.3) is 0 Å². The Balaban J connectivity index is 1.72. The van der Waals surface area contributed by atoms with Gasteiger partial charge in [-0.15, -0.1) is 0 Å². The molecule has 4 heteroatoms. The van der Waals surface area contributed by atoms with Crippen LogP contribution in [0.1, 0.15) is 63.9 Å². The second kappa shape index (κ2) is 8.21. The van der Waals surface area contributed by atoms with Crippen LogP contribution in [-0.4, -0.2) is 34.6 Å². The van der Waals surface area contributed by atoms with Gasteiger partial charge in [0.25, 0.3) is 0 Å². The molecule has 1 aromatic rings. The molecule has 2 aliphatic rings. The summed E-state index contributed by atoms with van der Waals surface area (Å²) >= 11 is 0. The van der Waals surface area contributed by atoms with E-state index in [4.69, 9.17) is 9.47 Å². The molecule has 0 heterocycles. The molecule has 2 N–H and O–H groups in total. The van der Waals surface area contributed by atoms with Crippen LogP contribution >= 0.6 is 0 Å². The van der Waals surface area contributed by atoms with E-state index in [9.17, 15) is 10.2 Å². The standard InChI is InChI=1S/C20H30O4/c1-2-14-11-12-15(23-18-9-5-3-7-16(18)21)13-20(14)24-19-10-6-4-8-17(19)22/h11-13,16-19,21-22H,2-10H2,1H3. The summed E-state index contributed by atoms with van der Waals surface area (Å²) < 4.78 is 12.2. The van der Waals surface area contributed by atoms with Crippen molar-refractivity contribution < 1.29 is 19.7 Å². The maximum atomic E-state index is 10.2. The Morgan fingerprint density at radius 3 is 2.04 bits per heavy atom. The molecular weight excluding hydrogens is 304 g/mol. The minimum atomic E-state index is -0.381. The third-order valence-electron chi connectivity index (χ3n) is 5.32. The van der Waals surface area contributed by atoms with Gasteiger partial charge in [-0.1, -0.05) is 25.8 Å². The van der Waals surface area contributed by atoms with Gasteiger partial charge in [0.05, 0.1) is 12.2 Å². The van der Waals surface area contributed by atoms with E-state index in [1.165, 1.54) is 0 Å². The molecule has 3 rings (SSSR count). The second-order valence-corrected chi connectivity index (χ2v) is 7.14. The Bertz CT molecular complexity index is 530. The minimum Gasteiger partial charge on any atom is -0.488 e. The molecule has 0 aliphatic heterocycles. The SMILES string of the molecule is CCc1ccc(OC2CCCCC2O)cc1OC1CCCCC1O. The summed E-state index contributed by atoms with van der Waals surface area (Å²) in [7, 11) is 0. The van der Waals surface area contributed by atoms with Gasteiger partial charge in [-0.25, -0.2) is 0 Å². The first kappa shape index (κ1) is 17.6. The van der Waals surface area contributed by atoms with Crippen LogP contribution in [0, 0.1) is 0 Å². The zero-order chi connectivity index (χ0) is 16.9. The second-order valence-electron chi connectivity index (χ2n) is 7.14. The summed E-state index contributed by atoms with van der Waals surface area (Å²) in [6.07, 6.45) is 7.65. The van der Waals surface area contributed by atoms with Crippen LogP contribution < -0.4 is 9.47 Å². The number of benzene rings is 1. The predicted molar refractivity (Wildman–Crippen MR) is 93.6 cm³/mol. The Labute approximate surface area is 144 Å². The van der Waals surface area contributed by atoms with Crippen molar-refractivity contribution in [3.63, 3.8) is 0 Å². The maximum absolute atomic E-state index is 10.2. The number of aryl methyl sites for hydroxylation is 1. The highest BCUT2D eigenvalue weighted by atomic mass is 16.5. The minimum absolute atomic E-state index is 0.125. The fourth-order valence-corrected chi connectivity index (χ4v) is 3.78. The number of ether oxygens (including phenoxy) is 2. The van der Waals surface area contributed by atoms with Gasteiger partial charge in [-0.05, 0) is 56.6 Å². The lowest BCUT2D eigenvalue weighted by molar-refractivity contribution is 0.00274. The monoisotopic (exact) mass is 334 g/mol. The van der Waals surface area contributed by atoms with Crippen molar-refractivity contribution >= 4 is 0 Å². The number of hydrogen-bond donors (Lipinski definition) is 2. The molecule has 2 aliphatic carbocycles. The number of rotatable bonds is 5. The zero-order valence-electron chi connectivity index (χ0n) is 14.6. The molecule has 0 amide bonds. The molecule has 2 fully saturated rings. The summed E-state index contributed by atoms with van der Waals surface area (Å²) in [5.74, 6) is 1.56. The first-order valence-electron chi connectivity index (χ1n) is 9.49. The first-order chi connectivity index (χ1) is 11.7. The van der Waals surface area contributed by atoms with Crippen molar-refractivity contribution in [2.45, 2.75) is 89.1 Å². The van der Waals surface area contributed by atoms with E-state index in [1.807, 2.05) is 18.2 Å². The summed E-state index contributed by atoms with van der Waals surface area (Å²) in [4.78, 5) is 0. The van der Waals surface area contributed by atoms with Crippen molar-refractivity contribution in [2.75, 3.05) is 0 Å². The van der Waals surface area contributed by atoms with Crippen LogP contribution in [0.15, 0.2) is 18.2 Å². The smallest absolute Gasteiger partial charge is 0.126 e. The quantitative estimate of drug-likeness (QED) is 0.863. The number of aliphatic hydroxyl groups is 2. The van der Waals surface area contributed by atoms with Gasteiger partial charge in [0.1, 0.15) is 23.7 Å². The lowest BCUT2D eigenvalue weighted by Crippen LogP contribution is -2.35. The van der Waals surface area contributed by atoms with E-state index in [-0.39, 0.29) is 24.4 Å². The van der Waals surface area contributed by atoms with E-state index in [1.54, 1.807) is 0 Å². The molecule has 134 valence electrons. The third-order valence-corrected chi connectivity index (χ3v) is 5.32. The lowest BCUT2D eigenvalue weighted by Gasteiger charge is -2.30. The fourth-order valence-electron chi connectivity index (χ4n) is 3.78. The van der Waals surface area contributed by atoms with E-state index in [0.717, 1.165) is 74.8 Å². The van der Waals surface area contributed by atoms with Crippen molar-refractivity contribution in [1.82, 2.24) is 0 Å². The highest BCUT2D eigenvalue weighted by Crippen LogP contribution is 2.32. The Morgan fingerprint density at radius 1 is 0.875 bits per heavy atom. The molecule has 4 unspecified atom stereocenters. The summed E-state index contributed by atoms with van der Waals surface area (Å²) in [5, 5.41) is 20.3. The fraction of sp³-hybridized carbons (Fsp3) is 0.700. The highest BCUT2D eigenvalue weighted by Gasteiger charge is 2.27. The van der Waals surface area contributed by atoms with Gasteiger partial charge in [0, 0.05) is 6.07 Å². The van der Waals surface area contributed by atoms with Crippen LogP contribution in [0.5, 0.6) is 11.5 Å². The number of hydrogen-bond acceptors (Lipinski definition) is 4. The molecule has 0 saturated heterocycles. The van der Waals surface area contributed by atoms with Crippen LogP contribution in [0.3, 0.4) is 0 Å². The van der Waals surface area contributed by atoms with Crippen molar-refractivity contribution in [3.05, 3.63) is 23.8 Å². The van der Waals surface area contributed by atoms with Crippen LogP contribution in [-0.2, 0) is 6.42 Å². The largest absolute Gasteiger partial charge is 0.488 e. The van der Waals surface area contributed by atoms with Crippen LogP contribution in [0.2, 0.25) is 0 Å². The molecule has 4 nitrogen and oxygen atoms in total. The van der Waals surface area contributed by atoms with E-state index < -0.39 is 0 Å². The maximum Gasteiger partial charge on any atom is 0.126 e. The van der Waals surface area contributed by atoms with Gasteiger partial charge < -0.3 is 19.7 Å². The Kier molecular flexibility index (Phi) is 6.01. The molecule has 0 aromatic heterocycles. The van der Waals surface area contributed by atoms with Gasteiger partial charge >= 0.3 is 0 Å². The molecule has 1 aromatic carbocycles. The molecule has 0 spiro atoms. The van der Waals surface area contributed by atoms with Gasteiger partial charge in [0.2, 0.25) is 0 Å². The average molecular weight is 334 g/mol. The zero-order valence-corrected chi connectivity index (χ0v) is 14.6. The summed E-state index contributed by atoms with van der Waals surface area (Å²) in [5.41, 5.74) is 1.13. The lowest BCUT2D eigenvalue weighted by atomic mass is 9.94. The van der Waals surface area contributed by atoms with Gasteiger partial charge in [-0.3, -0.25) is 0 Å². The first-order valence-corrected chi connectivity index (χ1v) is 9.49. The Morgan fingerprint density at radius 2 is 1.46 bits per heavy atom. The normalized spacial score (nSPS) is 30.8. The molecule has 4 atom stereocenters. The molecule has 0 radical (unpaired) electrons. The predicted octanol–water partition coefficient (Wildman–Crippen LogP) is 3.61. The Hall–Kier alpha value is -1.26. The van der Waals surface area contributed by atoms with Crippen molar-refractivity contribution in [1.29, 1.82) is 0 Å². The molecule has 0 bridgehead atoms. The van der Waals surface area contributed by atoms with Gasteiger partial charge in [0.15, 0.2) is 0 Å². The van der Waals surface area contributed by atoms with E-state index in [2.05, 4.69) is 6.92 Å². The van der Waals surface area contributed by atoms with Gasteiger partial charge in [-0.2, -0.15) is 0 Å². The molecule has 24 heavy (non-hydrogen) atoms. The highest BCUT2D eigenvalue weighted by molar-refractivity contribution is 5.41. The van der Waals surface area contributed by atoms with E-state index in [0.29, 0.717) is 0 Å². The van der Waals surface area contributed by atoms with Crippen LogP contribution in [0.4, 0.5) is 0 Å². The van der Waals surface area contributed by atoms with E-state index >= 15 is 0 Å². The third kappa shape index (κ3) is 4.22. The number of aliphatic hydroxyl groups excluding tert-OH is 2. The summed E-state index contributed by atoms with van der Waals surface area (Å²) in [6, 6.07) is 5.93. The molecule has 2 saturated carbocycles. The summed E-state index contributed by atoms with van der Waals surface area (Å²) in [6.45, 7) is 2.10. The molecular formula is C20H30O4. The van der Waals surface area contributed by atoms with Crippen molar-refractivity contribution in [2.24, 2.45) is 0 Å². The average Bonchev–Trinajstić information content (AvgIpc) is 2.59. The topological polar surface area (TPSA) is 58.9 Å².